The first-order chi connectivity index (χ1) is 12.6. The summed E-state index contributed by atoms with van der Waals surface area (Å²) >= 11 is 0. The van der Waals surface area contributed by atoms with Crippen molar-refractivity contribution in [3.05, 3.63) is 101 Å². The van der Waals surface area contributed by atoms with Crippen molar-refractivity contribution >= 4 is 16.5 Å². The van der Waals surface area contributed by atoms with Gasteiger partial charge >= 0.3 is 0 Å². The van der Waals surface area contributed by atoms with Crippen LogP contribution in [0.4, 0.5) is 5.69 Å². The quantitative estimate of drug-likeness (QED) is 0.363. The first-order valence-electron chi connectivity index (χ1n) is 9.12. The second-order valence-corrected chi connectivity index (χ2v) is 7.39. The minimum atomic E-state index is 0.267. The van der Waals surface area contributed by atoms with Gasteiger partial charge in [-0.1, -0.05) is 66.2 Å². The van der Waals surface area contributed by atoms with Gasteiger partial charge in [0.1, 0.15) is 0 Å². The van der Waals surface area contributed by atoms with Crippen molar-refractivity contribution in [3.63, 3.8) is 0 Å². The lowest BCUT2D eigenvalue weighted by molar-refractivity contribution is 1.01. The number of rotatable bonds is 1. The lowest BCUT2D eigenvalue weighted by Gasteiger charge is -2.16. The summed E-state index contributed by atoms with van der Waals surface area (Å²) in [5.41, 5.74) is 16.3. The van der Waals surface area contributed by atoms with Crippen LogP contribution in [0.3, 0.4) is 0 Å². The highest BCUT2D eigenvalue weighted by atomic mass is 14.5. The summed E-state index contributed by atoms with van der Waals surface area (Å²) in [4.78, 5) is 0. The number of nitrogens with two attached hydrogens (primary N) is 1. The fraction of sp³-hybridized carbons (Fsp3) is 0.120. The Morgan fingerprint density at radius 3 is 2.23 bits per heavy atom. The molecule has 0 bridgehead atoms. The van der Waals surface area contributed by atoms with Crippen LogP contribution in [0.15, 0.2) is 72.8 Å². The molecule has 1 nitrogen and oxygen atoms in total. The second kappa shape index (κ2) is 5.47. The van der Waals surface area contributed by atoms with Gasteiger partial charge in [-0.2, -0.15) is 0 Å². The van der Waals surface area contributed by atoms with Crippen LogP contribution in [0, 0.1) is 13.8 Å². The van der Waals surface area contributed by atoms with Crippen LogP contribution >= 0.6 is 0 Å². The molecule has 4 aromatic carbocycles. The highest BCUT2D eigenvalue weighted by Crippen LogP contribution is 2.51. The molecule has 0 aromatic heterocycles. The van der Waals surface area contributed by atoms with Gasteiger partial charge in [-0.05, 0) is 70.1 Å². The average molecular weight is 335 g/mol. The van der Waals surface area contributed by atoms with Crippen molar-refractivity contribution in [2.75, 3.05) is 5.73 Å². The van der Waals surface area contributed by atoms with Gasteiger partial charge < -0.3 is 5.73 Å². The zero-order chi connectivity index (χ0) is 17.8. The highest BCUT2D eigenvalue weighted by molar-refractivity contribution is 6.03. The fourth-order valence-corrected chi connectivity index (χ4v) is 4.48. The topological polar surface area (TPSA) is 26.0 Å². The molecule has 1 heteroatoms. The number of anilines is 1. The lowest BCUT2D eigenvalue weighted by Crippen LogP contribution is -2.00. The van der Waals surface area contributed by atoms with Crippen LogP contribution in [0.25, 0.3) is 21.9 Å². The molecule has 4 aromatic rings. The maximum atomic E-state index is 5.94. The Hall–Kier alpha value is -3.06. The molecular formula is C25H21N. The number of hydrogen-bond acceptors (Lipinski definition) is 1. The van der Waals surface area contributed by atoms with Crippen LogP contribution in [0.1, 0.15) is 33.7 Å². The minimum absolute atomic E-state index is 0.267. The molecule has 0 aliphatic heterocycles. The maximum absolute atomic E-state index is 5.94. The molecule has 0 amide bonds. The zero-order valence-corrected chi connectivity index (χ0v) is 15.1. The van der Waals surface area contributed by atoms with Crippen molar-refractivity contribution < 1.29 is 0 Å². The summed E-state index contributed by atoms with van der Waals surface area (Å²) in [6, 6.07) is 26.4. The number of nitrogen functional groups attached to an aromatic ring is 1. The minimum Gasteiger partial charge on any atom is -0.399 e. The molecule has 26 heavy (non-hydrogen) atoms. The van der Waals surface area contributed by atoms with E-state index in [1.807, 2.05) is 12.1 Å². The van der Waals surface area contributed by atoms with Crippen molar-refractivity contribution in [2.45, 2.75) is 19.8 Å². The molecule has 0 radical (unpaired) electrons. The third kappa shape index (κ3) is 2.10. The second-order valence-electron chi connectivity index (χ2n) is 7.39. The largest absolute Gasteiger partial charge is 0.399 e. The molecule has 0 saturated carbocycles. The van der Waals surface area contributed by atoms with Gasteiger partial charge in [-0.25, -0.2) is 0 Å². The van der Waals surface area contributed by atoms with Gasteiger partial charge in [-0.15, -0.1) is 0 Å². The molecule has 1 unspecified atom stereocenters. The predicted octanol–water partition coefficient (Wildman–Crippen LogP) is 6.20. The number of aryl methyl sites for hydroxylation is 2. The SMILES string of the molecule is Cc1ccc2c(c1)C(c1ccc(N)cc1)c1cc(C)c3ccccc3c1-2. The van der Waals surface area contributed by atoms with Crippen LogP contribution < -0.4 is 5.73 Å². The molecule has 0 fully saturated rings. The molecular weight excluding hydrogens is 314 g/mol. The zero-order valence-electron chi connectivity index (χ0n) is 15.1. The molecule has 1 atom stereocenters. The van der Waals surface area contributed by atoms with Crippen LogP contribution in [-0.4, -0.2) is 0 Å². The van der Waals surface area contributed by atoms with Crippen molar-refractivity contribution in [2.24, 2.45) is 0 Å². The predicted molar refractivity (Wildman–Crippen MR) is 111 cm³/mol. The van der Waals surface area contributed by atoms with Gasteiger partial charge in [0.2, 0.25) is 0 Å². The summed E-state index contributed by atoms with van der Waals surface area (Å²) in [5.74, 6) is 0.267. The molecule has 1 aliphatic rings. The highest BCUT2D eigenvalue weighted by Gasteiger charge is 2.31. The Balaban J connectivity index is 1.89. The molecule has 1 aliphatic carbocycles. The van der Waals surface area contributed by atoms with Gasteiger partial charge in [0.15, 0.2) is 0 Å². The lowest BCUT2D eigenvalue weighted by atomic mass is 9.87. The number of fused-ring (bicyclic) bond motifs is 5. The van der Waals surface area contributed by atoms with E-state index >= 15 is 0 Å². The molecule has 0 heterocycles. The molecule has 5 rings (SSSR count). The van der Waals surface area contributed by atoms with Crippen LogP contribution in [-0.2, 0) is 0 Å². The Bertz CT molecular complexity index is 1150. The van der Waals surface area contributed by atoms with E-state index in [1.165, 1.54) is 49.7 Å². The van der Waals surface area contributed by atoms with E-state index in [2.05, 4.69) is 74.5 Å². The van der Waals surface area contributed by atoms with Crippen molar-refractivity contribution in [3.8, 4) is 11.1 Å². The van der Waals surface area contributed by atoms with Gasteiger partial charge in [0.05, 0.1) is 0 Å². The number of benzene rings is 4. The fourth-order valence-electron chi connectivity index (χ4n) is 4.48. The van der Waals surface area contributed by atoms with Gasteiger partial charge in [0.25, 0.3) is 0 Å². The van der Waals surface area contributed by atoms with Gasteiger partial charge in [0, 0.05) is 11.6 Å². The van der Waals surface area contributed by atoms with Gasteiger partial charge in [-0.3, -0.25) is 0 Å². The third-order valence-corrected chi connectivity index (χ3v) is 5.65. The normalized spacial score (nSPS) is 15.1. The molecule has 0 saturated heterocycles. The summed E-state index contributed by atoms with van der Waals surface area (Å²) in [6.45, 7) is 4.39. The smallest absolute Gasteiger partial charge is 0.0352 e. The summed E-state index contributed by atoms with van der Waals surface area (Å²) in [7, 11) is 0. The molecule has 126 valence electrons. The first kappa shape index (κ1) is 15.2. The summed E-state index contributed by atoms with van der Waals surface area (Å²) in [5, 5.41) is 2.70. The van der Waals surface area contributed by atoms with E-state index in [0.29, 0.717) is 0 Å². The van der Waals surface area contributed by atoms with Crippen LogP contribution in [0.5, 0.6) is 0 Å². The third-order valence-electron chi connectivity index (χ3n) is 5.65. The molecule has 2 N–H and O–H groups in total. The Labute approximate surface area is 154 Å². The Kier molecular flexibility index (Phi) is 3.20. The van der Waals surface area contributed by atoms with E-state index in [4.69, 9.17) is 5.73 Å². The van der Waals surface area contributed by atoms with E-state index in [-0.39, 0.29) is 5.92 Å². The average Bonchev–Trinajstić information content (AvgIpc) is 2.96. The first-order valence-corrected chi connectivity index (χ1v) is 9.12. The standard InChI is InChI=1S/C25H21N/c1-15-7-12-21-22(13-15)24(17-8-10-18(26)11-9-17)23-14-16(2)19-5-3-4-6-20(19)25(21)23/h3-14,24H,26H2,1-2H3. The Morgan fingerprint density at radius 2 is 1.46 bits per heavy atom. The Morgan fingerprint density at radius 1 is 0.731 bits per heavy atom. The van der Waals surface area contributed by atoms with E-state index in [9.17, 15) is 0 Å². The monoisotopic (exact) mass is 335 g/mol. The maximum Gasteiger partial charge on any atom is 0.0352 e. The summed E-state index contributed by atoms with van der Waals surface area (Å²) in [6.07, 6.45) is 0. The molecule has 0 spiro atoms. The van der Waals surface area contributed by atoms with Crippen molar-refractivity contribution in [1.29, 1.82) is 0 Å². The number of hydrogen-bond donors (Lipinski definition) is 1. The van der Waals surface area contributed by atoms with Crippen LogP contribution in [0.2, 0.25) is 0 Å². The van der Waals surface area contributed by atoms with E-state index < -0.39 is 0 Å². The van der Waals surface area contributed by atoms with Crippen molar-refractivity contribution in [1.82, 2.24) is 0 Å². The van der Waals surface area contributed by atoms with E-state index in [0.717, 1.165) is 5.69 Å². The van der Waals surface area contributed by atoms with E-state index in [1.54, 1.807) is 0 Å². The summed E-state index contributed by atoms with van der Waals surface area (Å²) < 4.78 is 0.